The molecular weight excluding hydrogens is 170 g/mol. The zero-order chi connectivity index (χ0) is 7.61. The highest BCUT2D eigenvalue weighted by Gasteiger charge is 2.03. The van der Waals surface area contributed by atoms with Crippen LogP contribution in [0.25, 0.3) is 0 Å². The Balaban J connectivity index is 2.75. The number of thiophene rings is 1. The predicted octanol–water partition coefficient (Wildman–Crippen LogP) is 0.537. The van der Waals surface area contributed by atoms with Crippen molar-refractivity contribution in [1.82, 2.24) is 0 Å². The first-order chi connectivity index (χ1) is 4.58. The second kappa shape index (κ2) is 2.69. The molecule has 1 aromatic rings. The van der Waals surface area contributed by atoms with Crippen molar-refractivity contribution in [2.45, 2.75) is 5.75 Å². The molecule has 0 aliphatic heterocycles. The zero-order valence-electron chi connectivity index (χ0n) is 5.15. The van der Waals surface area contributed by atoms with E-state index < -0.39 is 10.0 Å². The van der Waals surface area contributed by atoms with Crippen LogP contribution < -0.4 is 5.14 Å². The van der Waals surface area contributed by atoms with Gasteiger partial charge in [-0.3, -0.25) is 0 Å². The van der Waals surface area contributed by atoms with Crippen molar-refractivity contribution in [3.8, 4) is 0 Å². The molecule has 5 heteroatoms. The van der Waals surface area contributed by atoms with Crippen molar-refractivity contribution in [3.63, 3.8) is 0 Å². The van der Waals surface area contributed by atoms with Crippen LogP contribution in [0.2, 0.25) is 0 Å². The number of rotatable bonds is 2. The number of nitrogens with two attached hydrogens (primary N) is 1. The average Bonchev–Trinajstić information content (AvgIpc) is 2.12. The molecule has 1 heterocycles. The van der Waals surface area contributed by atoms with E-state index in [4.69, 9.17) is 5.14 Å². The van der Waals surface area contributed by atoms with Gasteiger partial charge in [-0.2, -0.15) is 0 Å². The largest absolute Gasteiger partial charge is 0.228 e. The van der Waals surface area contributed by atoms with E-state index in [1.807, 2.05) is 5.38 Å². The molecule has 0 amide bonds. The Morgan fingerprint density at radius 2 is 2.30 bits per heavy atom. The standard InChI is InChI=1S/C5H7NO2S2/c6-10(7,8)4-5-2-1-3-9-5/h1-3H,4H2,(H2,6,7,8). The molecule has 1 rings (SSSR count). The molecule has 0 aliphatic rings. The predicted molar refractivity (Wildman–Crippen MR) is 41.1 cm³/mol. The van der Waals surface area contributed by atoms with Gasteiger partial charge in [-0.15, -0.1) is 11.3 Å². The lowest BCUT2D eigenvalue weighted by Gasteiger charge is -1.90. The minimum Gasteiger partial charge on any atom is -0.228 e. The van der Waals surface area contributed by atoms with Crippen molar-refractivity contribution in [2.24, 2.45) is 5.14 Å². The molecule has 0 aliphatic carbocycles. The fourth-order valence-corrected chi connectivity index (χ4v) is 2.34. The smallest absolute Gasteiger partial charge is 0.214 e. The highest BCUT2D eigenvalue weighted by Crippen LogP contribution is 2.10. The van der Waals surface area contributed by atoms with E-state index in [1.165, 1.54) is 11.3 Å². The monoisotopic (exact) mass is 177 g/mol. The number of primary sulfonamides is 1. The van der Waals surface area contributed by atoms with Gasteiger partial charge in [-0.25, -0.2) is 13.6 Å². The Bertz CT molecular complexity index is 287. The third kappa shape index (κ3) is 2.47. The van der Waals surface area contributed by atoms with Gasteiger partial charge in [0.25, 0.3) is 0 Å². The summed E-state index contributed by atoms with van der Waals surface area (Å²) < 4.78 is 21.0. The summed E-state index contributed by atoms with van der Waals surface area (Å²) in [6.45, 7) is 0. The summed E-state index contributed by atoms with van der Waals surface area (Å²) in [5, 5.41) is 6.63. The normalized spacial score (nSPS) is 11.7. The molecule has 0 atom stereocenters. The van der Waals surface area contributed by atoms with Crippen molar-refractivity contribution in [2.75, 3.05) is 0 Å². The summed E-state index contributed by atoms with van der Waals surface area (Å²) in [5.41, 5.74) is 0. The summed E-state index contributed by atoms with van der Waals surface area (Å²) in [6.07, 6.45) is 0. The van der Waals surface area contributed by atoms with Crippen LogP contribution in [0, 0.1) is 0 Å². The van der Waals surface area contributed by atoms with Crippen LogP contribution in [0.15, 0.2) is 17.5 Å². The summed E-state index contributed by atoms with van der Waals surface area (Å²) in [4.78, 5) is 0.780. The first-order valence-corrected chi connectivity index (χ1v) is 5.20. The third-order valence-electron chi connectivity index (χ3n) is 0.924. The molecule has 1 aromatic heterocycles. The molecule has 2 N–H and O–H groups in total. The average molecular weight is 177 g/mol. The van der Waals surface area contributed by atoms with Gasteiger partial charge >= 0.3 is 0 Å². The Hall–Kier alpha value is -0.390. The second-order valence-electron chi connectivity index (χ2n) is 1.89. The molecule has 0 bridgehead atoms. The Morgan fingerprint density at radius 3 is 2.70 bits per heavy atom. The lowest BCUT2D eigenvalue weighted by Crippen LogP contribution is -2.13. The summed E-state index contributed by atoms with van der Waals surface area (Å²) >= 11 is 1.39. The first kappa shape index (κ1) is 7.71. The van der Waals surface area contributed by atoms with Crippen LogP contribution in [0.5, 0.6) is 0 Å². The maximum Gasteiger partial charge on any atom is 0.214 e. The maximum atomic E-state index is 10.5. The molecule has 0 spiro atoms. The van der Waals surface area contributed by atoms with Crippen LogP contribution in [0.3, 0.4) is 0 Å². The number of hydrogen-bond acceptors (Lipinski definition) is 3. The first-order valence-electron chi connectivity index (χ1n) is 2.61. The third-order valence-corrected chi connectivity index (χ3v) is 2.70. The lowest BCUT2D eigenvalue weighted by atomic mass is 10.5. The molecule has 0 saturated heterocycles. The second-order valence-corrected chi connectivity index (χ2v) is 4.53. The van der Waals surface area contributed by atoms with Crippen molar-refractivity contribution in [1.29, 1.82) is 0 Å². The van der Waals surface area contributed by atoms with E-state index in [-0.39, 0.29) is 5.75 Å². The molecule has 0 fully saturated rings. The van der Waals surface area contributed by atoms with Crippen LogP contribution in [0.1, 0.15) is 4.88 Å². The Kier molecular flexibility index (Phi) is 2.08. The SMILES string of the molecule is NS(=O)(=O)Cc1cccs1. The lowest BCUT2D eigenvalue weighted by molar-refractivity contribution is 0.597. The van der Waals surface area contributed by atoms with E-state index in [0.717, 1.165) is 4.88 Å². The molecule has 56 valence electrons. The van der Waals surface area contributed by atoms with Gasteiger partial charge in [-0.05, 0) is 11.4 Å². The molecule has 3 nitrogen and oxygen atoms in total. The van der Waals surface area contributed by atoms with Gasteiger partial charge < -0.3 is 0 Å². The zero-order valence-corrected chi connectivity index (χ0v) is 6.78. The molecule has 0 unspecified atom stereocenters. The Labute approximate surface area is 63.5 Å². The van der Waals surface area contributed by atoms with Crippen LogP contribution >= 0.6 is 11.3 Å². The maximum absolute atomic E-state index is 10.5. The topological polar surface area (TPSA) is 60.2 Å². The van der Waals surface area contributed by atoms with E-state index in [0.29, 0.717) is 0 Å². The number of sulfonamides is 1. The Morgan fingerprint density at radius 1 is 1.60 bits per heavy atom. The quantitative estimate of drug-likeness (QED) is 0.716. The van der Waals surface area contributed by atoms with Gasteiger partial charge in [0.05, 0.1) is 5.75 Å². The van der Waals surface area contributed by atoms with E-state index in [9.17, 15) is 8.42 Å². The fourth-order valence-electron chi connectivity index (χ4n) is 0.593. The van der Waals surface area contributed by atoms with Gasteiger partial charge in [0.1, 0.15) is 0 Å². The molecular formula is C5H7NO2S2. The number of hydrogen-bond donors (Lipinski definition) is 1. The fraction of sp³-hybridized carbons (Fsp3) is 0.200. The minimum atomic E-state index is -3.34. The summed E-state index contributed by atoms with van der Waals surface area (Å²) in [5.74, 6) is -0.0509. The minimum absolute atomic E-state index is 0.0509. The highest BCUT2D eigenvalue weighted by atomic mass is 32.2. The van der Waals surface area contributed by atoms with Crippen molar-refractivity contribution < 1.29 is 8.42 Å². The van der Waals surface area contributed by atoms with Crippen molar-refractivity contribution >= 4 is 21.4 Å². The van der Waals surface area contributed by atoms with Gasteiger partial charge in [0.15, 0.2) is 0 Å². The van der Waals surface area contributed by atoms with Crippen LogP contribution in [-0.2, 0) is 15.8 Å². The van der Waals surface area contributed by atoms with E-state index in [2.05, 4.69) is 0 Å². The molecule has 0 saturated carbocycles. The van der Waals surface area contributed by atoms with Gasteiger partial charge in [0, 0.05) is 4.88 Å². The van der Waals surface area contributed by atoms with Gasteiger partial charge in [-0.1, -0.05) is 6.07 Å². The van der Waals surface area contributed by atoms with Crippen LogP contribution in [0.4, 0.5) is 0 Å². The van der Waals surface area contributed by atoms with Gasteiger partial charge in [0.2, 0.25) is 10.0 Å². The van der Waals surface area contributed by atoms with Crippen LogP contribution in [-0.4, -0.2) is 8.42 Å². The summed E-state index contributed by atoms with van der Waals surface area (Å²) in [7, 11) is -3.34. The molecule has 0 aromatic carbocycles. The van der Waals surface area contributed by atoms with Crippen molar-refractivity contribution in [3.05, 3.63) is 22.4 Å². The van der Waals surface area contributed by atoms with E-state index >= 15 is 0 Å². The highest BCUT2D eigenvalue weighted by molar-refractivity contribution is 7.88. The summed E-state index contributed by atoms with van der Waals surface area (Å²) in [6, 6.07) is 3.54. The molecule has 0 radical (unpaired) electrons. The van der Waals surface area contributed by atoms with E-state index in [1.54, 1.807) is 12.1 Å². The molecule has 10 heavy (non-hydrogen) atoms.